The maximum absolute atomic E-state index is 14.1. The summed E-state index contributed by atoms with van der Waals surface area (Å²) in [5.41, 5.74) is 3.44. The van der Waals surface area contributed by atoms with E-state index in [1.807, 2.05) is 13.0 Å². The highest BCUT2D eigenvalue weighted by molar-refractivity contribution is 5.95. The number of allylic oxidation sites excluding steroid dienone is 4. The summed E-state index contributed by atoms with van der Waals surface area (Å²) < 4.78 is 34.6. The Labute approximate surface area is 225 Å². The van der Waals surface area contributed by atoms with E-state index in [-0.39, 0.29) is 12.0 Å². The summed E-state index contributed by atoms with van der Waals surface area (Å²) >= 11 is 0. The number of aromatic nitrogens is 4. The first-order chi connectivity index (χ1) is 18.9. The Hall–Kier alpha value is -3.96. The van der Waals surface area contributed by atoms with Crippen molar-refractivity contribution in [3.05, 3.63) is 83.6 Å². The van der Waals surface area contributed by atoms with E-state index in [0.29, 0.717) is 54.7 Å². The quantitative estimate of drug-likeness (QED) is 0.449. The van der Waals surface area contributed by atoms with Crippen LogP contribution < -0.4 is 10.6 Å². The van der Waals surface area contributed by atoms with Crippen molar-refractivity contribution in [3.8, 4) is 5.82 Å². The van der Waals surface area contributed by atoms with Crippen molar-refractivity contribution in [2.75, 3.05) is 38.7 Å². The number of hydrogen-bond donors (Lipinski definition) is 2. The van der Waals surface area contributed by atoms with Crippen LogP contribution in [0.5, 0.6) is 0 Å². The molecule has 0 bridgehead atoms. The molecule has 11 heteroatoms. The number of methoxy groups -OCH3 is 1. The van der Waals surface area contributed by atoms with Crippen molar-refractivity contribution in [1.29, 1.82) is 0 Å². The predicted molar refractivity (Wildman–Crippen MR) is 144 cm³/mol. The summed E-state index contributed by atoms with van der Waals surface area (Å²) in [6.45, 7) is 4.16. The van der Waals surface area contributed by atoms with Gasteiger partial charge in [0.2, 0.25) is 0 Å². The maximum atomic E-state index is 14.1. The first-order valence-corrected chi connectivity index (χ1v) is 12.9. The smallest absolute Gasteiger partial charge is 0.319 e. The first kappa shape index (κ1) is 26.6. The third kappa shape index (κ3) is 5.89. The van der Waals surface area contributed by atoms with Gasteiger partial charge in [-0.3, -0.25) is 9.88 Å². The molecular weight excluding hydrogens is 504 g/mol. The molecule has 3 heterocycles. The minimum absolute atomic E-state index is 0.227. The highest BCUT2D eigenvalue weighted by Gasteiger charge is 2.35. The van der Waals surface area contributed by atoms with Crippen LogP contribution in [0.25, 0.3) is 11.4 Å². The number of urea groups is 1. The average molecular weight is 536 g/mol. The summed E-state index contributed by atoms with van der Waals surface area (Å²) in [7, 11) is 1.63. The molecule has 5 rings (SSSR count). The number of nitrogens with one attached hydrogen (secondary N) is 2. The molecule has 3 aromatic rings. The molecule has 2 atom stereocenters. The fourth-order valence-corrected chi connectivity index (χ4v) is 5.10. The Balaban J connectivity index is 1.41. The predicted octanol–water partition coefficient (Wildman–Crippen LogP) is 4.22. The average Bonchev–Trinajstić information content (AvgIpc) is 3.50. The van der Waals surface area contributed by atoms with Crippen molar-refractivity contribution >= 4 is 17.3 Å². The van der Waals surface area contributed by atoms with Gasteiger partial charge in [0.05, 0.1) is 30.2 Å². The lowest BCUT2D eigenvalue weighted by molar-refractivity contribution is 0.159. The summed E-state index contributed by atoms with van der Waals surface area (Å²) in [6.07, 6.45) is 12.8. The van der Waals surface area contributed by atoms with Crippen LogP contribution in [0.15, 0.2) is 55.0 Å². The van der Waals surface area contributed by atoms with Gasteiger partial charge in [-0.1, -0.05) is 24.3 Å². The molecule has 1 aliphatic heterocycles. The normalized spacial score (nSPS) is 19.2. The SMILES string of the molecule is COCCN1C[C@@H](NC(=O)Nc2c(C3=CCCC=C3)nn(-c3cnccn3)c2C)[C@H](c2ccc(F)c(F)c2)C1. The number of hydrogen-bond acceptors (Lipinski definition) is 6. The fourth-order valence-electron chi connectivity index (χ4n) is 5.10. The van der Waals surface area contributed by atoms with E-state index in [0.717, 1.165) is 24.5 Å². The van der Waals surface area contributed by atoms with Crippen molar-refractivity contribution < 1.29 is 18.3 Å². The number of carbonyl (C=O) groups excluding carboxylic acids is 1. The van der Waals surface area contributed by atoms with Crippen LogP contribution in [-0.2, 0) is 4.74 Å². The lowest BCUT2D eigenvalue weighted by atomic mass is 9.94. The zero-order valence-corrected chi connectivity index (χ0v) is 21.9. The van der Waals surface area contributed by atoms with Gasteiger partial charge >= 0.3 is 6.03 Å². The summed E-state index contributed by atoms with van der Waals surface area (Å²) in [5, 5.41) is 10.8. The third-order valence-corrected chi connectivity index (χ3v) is 7.09. The van der Waals surface area contributed by atoms with Crippen LogP contribution >= 0.6 is 0 Å². The molecular formula is C28H31F2N7O2. The van der Waals surface area contributed by atoms with Gasteiger partial charge < -0.3 is 15.4 Å². The van der Waals surface area contributed by atoms with Crippen molar-refractivity contribution in [1.82, 2.24) is 30.0 Å². The van der Waals surface area contributed by atoms with Crippen LogP contribution in [0.3, 0.4) is 0 Å². The van der Waals surface area contributed by atoms with Gasteiger partial charge in [-0.25, -0.2) is 23.2 Å². The van der Waals surface area contributed by atoms with E-state index in [2.05, 4.69) is 37.7 Å². The van der Waals surface area contributed by atoms with Crippen LogP contribution in [0.4, 0.5) is 19.3 Å². The van der Waals surface area contributed by atoms with E-state index in [9.17, 15) is 13.6 Å². The number of rotatable bonds is 8. The highest BCUT2D eigenvalue weighted by Crippen LogP contribution is 2.32. The number of ether oxygens (including phenoxy) is 1. The fraction of sp³-hybridized carbons (Fsp3) is 0.357. The molecule has 2 aliphatic rings. The summed E-state index contributed by atoms with van der Waals surface area (Å²) in [6, 6.07) is 3.16. The number of likely N-dealkylation sites (tertiary alicyclic amines) is 1. The molecule has 2 N–H and O–H groups in total. The zero-order chi connectivity index (χ0) is 27.4. The minimum atomic E-state index is -0.906. The Morgan fingerprint density at radius 1 is 1.18 bits per heavy atom. The minimum Gasteiger partial charge on any atom is -0.383 e. The molecule has 9 nitrogen and oxygen atoms in total. The molecule has 0 radical (unpaired) electrons. The molecule has 39 heavy (non-hydrogen) atoms. The molecule has 1 saturated heterocycles. The van der Waals surface area contributed by atoms with Gasteiger partial charge in [-0.05, 0) is 43.0 Å². The zero-order valence-electron chi connectivity index (χ0n) is 21.9. The number of halogens is 2. The van der Waals surface area contributed by atoms with Gasteiger partial charge in [-0.2, -0.15) is 5.10 Å². The standard InChI is InChI=1S/C28H31F2N7O2/c1-18-26(27(19-6-4-3-5-7-19)35-37(18)25-15-31-10-11-32-25)34-28(38)33-24-17-36(12-13-39-2)16-21(24)20-8-9-22(29)23(30)14-20/h4,6-11,14-15,21,24H,3,5,12-13,16-17H2,1-2H3,(H2,33,34,38)/t21-,24+/m0/s1. The highest BCUT2D eigenvalue weighted by atomic mass is 19.2. The topological polar surface area (TPSA) is 97.2 Å². The van der Waals surface area contributed by atoms with Crippen molar-refractivity contribution in [3.63, 3.8) is 0 Å². The number of amides is 2. The van der Waals surface area contributed by atoms with Crippen LogP contribution in [-0.4, -0.2) is 70.1 Å². The van der Waals surface area contributed by atoms with E-state index < -0.39 is 17.7 Å². The number of nitrogens with zero attached hydrogens (tertiary/aromatic N) is 5. The molecule has 0 spiro atoms. The second-order valence-corrected chi connectivity index (χ2v) is 9.66. The van der Waals surface area contributed by atoms with Gasteiger partial charge in [0.15, 0.2) is 17.5 Å². The summed E-state index contributed by atoms with van der Waals surface area (Å²) in [4.78, 5) is 24.1. The number of carbonyl (C=O) groups is 1. The van der Waals surface area contributed by atoms with E-state index in [1.54, 1.807) is 36.4 Å². The van der Waals surface area contributed by atoms with E-state index >= 15 is 0 Å². The Kier molecular flexibility index (Phi) is 8.08. The lowest BCUT2D eigenvalue weighted by Crippen LogP contribution is -2.42. The lowest BCUT2D eigenvalue weighted by Gasteiger charge is -2.21. The molecule has 1 aliphatic carbocycles. The third-order valence-electron chi connectivity index (χ3n) is 7.09. The first-order valence-electron chi connectivity index (χ1n) is 12.9. The largest absolute Gasteiger partial charge is 0.383 e. The molecule has 2 aromatic heterocycles. The van der Waals surface area contributed by atoms with Crippen molar-refractivity contribution in [2.45, 2.75) is 31.7 Å². The van der Waals surface area contributed by atoms with Gasteiger partial charge in [0.25, 0.3) is 0 Å². The number of benzene rings is 1. The molecule has 2 amide bonds. The van der Waals surface area contributed by atoms with Gasteiger partial charge in [0, 0.05) is 45.1 Å². The molecule has 0 saturated carbocycles. The number of anilines is 1. The summed E-state index contributed by atoms with van der Waals surface area (Å²) in [5.74, 6) is -1.50. The Morgan fingerprint density at radius 3 is 2.77 bits per heavy atom. The maximum Gasteiger partial charge on any atom is 0.319 e. The second kappa shape index (κ2) is 11.8. The monoisotopic (exact) mass is 535 g/mol. The van der Waals surface area contributed by atoms with Gasteiger partial charge in [0.1, 0.15) is 5.69 Å². The van der Waals surface area contributed by atoms with Gasteiger partial charge in [-0.15, -0.1) is 0 Å². The Morgan fingerprint density at radius 2 is 2.05 bits per heavy atom. The van der Waals surface area contributed by atoms with Crippen LogP contribution in [0, 0.1) is 18.6 Å². The molecule has 1 aromatic carbocycles. The van der Waals surface area contributed by atoms with Crippen LogP contribution in [0.1, 0.15) is 35.7 Å². The molecule has 204 valence electrons. The van der Waals surface area contributed by atoms with E-state index in [4.69, 9.17) is 9.84 Å². The van der Waals surface area contributed by atoms with E-state index in [1.165, 1.54) is 6.07 Å². The molecule has 0 unspecified atom stereocenters. The molecule has 1 fully saturated rings. The van der Waals surface area contributed by atoms with Crippen molar-refractivity contribution in [2.24, 2.45) is 0 Å². The van der Waals surface area contributed by atoms with Crippen LogP contribution in [0.2, 0.25) is 0 Å². The second-order valence-electron chi connectivity index (χ2n) is 9.66. The Bertz CT molecular complexity index is 1390.